The molecule has 13 heteroatoms. The molecule has 0 spiro atoms. The van der Waals surface area contributed by atoms with Crippen LogP contribution in [0.25, 0.3) is 11.2 Å². The fraction of sp³-hybridized carbons (Fsp3) is 0.227. The average molecular weight is 510 g/mol. The summed E-state index contributed by atoms with van der Waals surface area (Å²) in [5.41, 5.74) is 5.17. The Labute approximate surface area is 200 Å². The number of benzene rings is 2. The lowest BCUT2D eigenvalue weighted by molar-refractivity contribution is -0.274. The van der Waals surface area contributed by atoms with Gasteiger partial charge in [-0.1, -0.05) is 29.8 Å². The van der Waals surface area contributed by atoms with Crippen molar-refractivity contribution in [3.8, 4) is 17.5 Å². The van der Waals surface area contributed by atoms with Crippen LogP contribution in [0.15, 0.2) is 58.1 Å². The number of alkyl halides is 3. The quantitative estimate of drug-likeness (QED) is 0.410. The van der Waals surface area contributed by atoms with E-state index in [2.05, 4.69) is 9.72 Å². The van der Waals surface area contributed by atoms with Crippen molar-refractivity contribution in [3.05, 3.63) is 80.0 Å². The second-order valence-corrected chi connectivity index (χ2v) is 7.93. The summed E-state index contributed by atoms with van der Waals surface area (Å²) in [5.74, 6) is -0.514. The average Bonchev–Trinajstić information content (AvgIpc) is 3.14. The zero-order valence-corrected chi connectivity index (χ0v) is 19.0. The lowest BCUT2D eigenvalue weighted by atomic mass is 10.2. The summed E-state index contributed by atoms with van der Waals surface area (Å²) in [7, 11) is 1.44. The van der Waals surface area contributed by atoms with Gasteiger partial charge in [0.05, 0.1) is 6.54 Å². The molecule has 4 aromatic rings. The summed E-state index contributed by atoms with van der Waals surface area (Å²) in [6, 6.07) is 11.5. The molecule has 2 aromatic heterocycles. The van der Waals surface area contributed by atoms with Crippen LogP contribution < -0.4 is 26.5 Å². The number of nitrogens with two attached hydrogens (primary N) is 1. The zero-order valence-electron chi connectivity index (χ0n) is 18.3. The summed E-state index contributed by atoms with van der Waals surface area (Å²) in [6.45, 7) is 0.139. The highest BCUT2D eigenvalue weighted by molar-refractivity contribution is 6.30. The van der Waals surface area contributed by atoms with Crippen LogP contribution in [-0.2, 0) is 20.1 Å². The molecule has 0 fully saturated rings. The van der Waals surface area contributed by atoms with Gasteiger partial charge in [-0.05, 0) is 29.8 Å². The highest BCUT2D eigenvalue weighted by Gasteiger charge is 2.31. The zero-order chi connectivity index (χ0) is 25.3. The highest BCUT2D eigenvalue weighted by atomic mass is 35.5. The molecule has 0 unspecified atom stereocenters. The first kappa shape index (κ1) is 24.4. The van der Waals surface area contributed by atoms with E-state index < -0.39 is 23.4 Å². The van der Waals surface area contributed by atoms with Gasteiger partial charge < -0.3 is 15.2 Å². The van der Waals surface area contributed by atoms with Gasteiger partial charge >= 0.3 is 18.1 Å². The van der Waals surface area contributed by atoms with Gasteiger partial charge in [0.15, 0.2) is 11.2 Å². The topological polar surface area (TPSA) is 106 Å². The van der Waals surface area contributed by atoms with Crippen LogP contribution in [0, 0.1) is 0 Å². The van der Waals surface area contributed by atoms with Crippen molar-refractivity contribution >= 4 is 22.8 Å². The number of fused-ring (bicyclic) bond motifs is 1. The van der Waals surface area contributed by atoms with Crippen LogP contribution in [-0.4, -0.2) is 31.6 Å². The Morgan fingerprint density at radius 1 is 1.06 bits per heavy atom. The molecule has 4 rings (SSSR count). The molecule has 0 radical (unpaired) electrons. The Hall–Kier alpha value is -3.77. The van der Waals surface area contributed by atoms with Crippen molar-refractivity contribution in [1.82, 2.24) is 18.7 Å². The summed E-state index contributed by atoms with van der Waals surface area (Å²) in [4.78, 5) is 30.3. The van der Waals surface area contributed by atoms with Crippen LogP contribution >= 0.6 is 11.6 Å². The minimum Gasteiger partial charge on any atom is -0.425 e. The number of hydrogen-bond donors (Lipinski definition) is 1. The lowest BCUT2D eigenvalue weighted by Crippen LogP contribution is -2.41. The molecule has 2 N–H and O–H groups in total. The number of halogens is 4. The van der Waals surface area contributed by atoms with E-state index in [1.54, 1.807) is 24.3 Å². The van der Waals surface area contributed by atoms with E-state index in [4.69, 9.17) is 22.1 Å². The van der Waals surface area contributed by atoms with Gasteiger partial charge in [-0.15, -0.1) is 13.2 Å². The Kier molecular flexibility index (Phi) is 6.59. The molecule has 0 aliphatic carbocycles. The first-order valence-corrected chi connectivity index (χ1v) is 10.6. The lowest BCUT2D eigenvalue weighted by Gasteiger charge is -2.12. The summed E-state index contributed by atoms with van der Waals surface area (Å²) < 4.78 is 51.2. The highest BCUT2D eigenvalue weighted by Crippen LogP contribution is 2.30. The SMILES string of the molecule is Cn1c(=O)n(CCN)c(=O)c2c1nc(Oc1cccc(OC(F)(F)F)c1)n2Cc1ccc(Cl)cc1. The smallest absolute Gasteiger partial charge is 0.425 e. The van der Waals surface area contributed by atoms with Crippen LogP contribution in [0.3, 0.4) is 0 Å². The molecule has 0 saturated carbocycles. The number of aromatic nitrogens is 4. The number of hydrogen-bond acceptors (Lipinski definition) is 6. The largest absolute Gasteiger partial charge is 0.573 e. The number of aryl methyl sites for hydroxylation is 1. The first-order valence-electron chi connectivity index (χ1n) is 10.3. The van der Waals surface area contributed by atoms with Crippen molar-refractivity contribution < 1.29 is 22.6 Å². The van der Waals surface area contributed by atoms with E-state index in [1.165, 1.54) is 28.3 Å². The predicted molar refractivity (Wildman–Crippen MR) is 122 cm³/mol. The maximum absolute atomic E-state index is 13.2. The number of nitrogens with zero attached hydrogens (tertiary/aromatic N) is 4. The van der Waals surface area contributed by atoms with E-state index in [-0.39, 0.29) is 42.6 Å². The van der Waals surface area contributed by atoms with Crippen molar-refractivity contribution in [2.75, 3.05) is 6.54 Å². The molecule has 2 heterocycles. The minimum absolute atomic E-state index is 0.0133. The molecule has 0 aliphatic heterocycles. The van der Waals surface area contributed by atoms with Crippen LogP contribution in [0.4, 0.5) is 13.2 Å². The summed E-state index contributed by atoms with van der Waals surface area (Å²) in [6.07, 6.45) is -4.88. The van der Waals surface area contributed by atoms with E-state index in [9.17, 15) is 22.8 Å². The van der Waals surface area contributed by atoms with E-state index >= 15 is 0 Å². The number of imidazole rings is 1. The van der Waals surface area contributed by atoms with E-state index in [0.29, 0.717) is 5.02 Å². The molecule has 0 saturated heterocycles. The fourth-order valence-electron chi connectivity index (χ4n) is 3.52. The molecule has 0 atom stereocenters. The standard InChI is InChI=1S/C22H19ClF3N5O4/c1-29-18-17(19(32)30(10-9-27)21(29)33)31(12-13-5-7-14(23)8-6-13)20(28-18)34-15-3-2-4-16(11-15)35-22(24,25)26/h2-8,11H,9-10,12,27H2,1H3. The van der Waals surface area contributed by atoms with Gasteiger partial charge in [0.2, 0.25) is 0 Å². The minimum atomic E-state index is -4.88. The molecule has 2 aromatic carbocycles. The Bertz CT molecular complexity index is 1490. The first-order chi connectivity index (χ1) is 16.6. The third-order valence-corrected chi connectivity index (χ3v) is 5.30. The van der Waals surface area contributed by atoms with Crippen molar-refractivity contribution in [1.29, 1.82) is 0 Å². The van der Waals surface area contributed by atoms with Gasteiger partial charge in [0, 0.05) is 31.2 Å². The van der Waals surface area contributed by atoms with Gasteiger partial charge in [-0.2, -0.15) is 4.98 Å². The van der Waals surface area contributed by atoms with Crippen molar-refractivity contribution in [2.45, 2.75) is 19.5 Å². The molecular formula is C22H19ClF3N5O4. The maximum Gasteiger partial charge on any atom is 0.573 e. The van der Waals surface area contributed by atoms with E-state index in [1.807, 2.05) is 0 Å². The third-order valence-electron chi connectivity index (χ3n) is 5.05. The van der Waals surface area contributed by atoms with Crippen LogP contribution in [0.5, 0.6) is 17.5 Å². The normalized spacial score (nSPS) is 11.7. The van der Waals surface area contributed by atoms with Crippen LogP contribution in [0.2, 0.25) is 5.02 Å². The fourth-order valence-corrected chi connectivity index (χ4v) is 3.64. The van der Waals surface area contributed by atoms with Crippen molar-refractivity contribution in [3.63, 3.8) is 0 Å². The monoisotopic (exact) mass is 509 g/mol. The molecule has 0 amide bonds. The van der Waals surface area contributed by atoms with E-state index in [0.717, 1.165) is 22.3 Å². The molecular weight excluding hydrogens is 491 g/mol. The Balaban J connectivity index is 1.88. The number of rotatable bonds is 7. The second-order valence-electron chi connectivity index (χ2n) is 7.49. The second kappa shape index (κ2) is 9.47. The Morgan fingerprint density at radius 2 is 1.74 bits per heavy atom. The van der Waals surface area contributed by atoms with Gasteiger partial charge in [0.25, 0.3) is 5.56 Å². The number of ether oxygens (including phenoxy) is 2. The van der Waals surface area contributed by atoms with Crippen molar-refractivity contribution in [2.24, 2.45) is 12.8 Å². The van der Waals surface area contributed by atoms with Gasteiger partial charge in [-0.3, -0.25) is 18.5 Å². The molecule has 0 aliphatic rings. The van der Waals surface area contributed by atoms with Gasteiger partial charge in [0.1, 0.15) is 11.5 Å². The third kappa shape index (κ3) is 5.17. The molecule has 0 bridgehead atoms. The summed E-state index contributed by atoms with van der Waals surface area (Å²) >= 11 is 5.97. The predicted octanol–water partition coefficient (Wildman–Crippen LogP) is 3.25. The molecule has 9 nitrogen and oxygen atoms in total. The molecule has 35 heavy (non-hydrogen) atoms. The maximum atomic E-state index is 13.2. The van der Waals surface area contributed by atoms with Gasteiger partial charge in [-0.25, -0.2) is 4.79 Å². The summed E-state index contributed by atoms with van der Waals surface area (Å²) in [5, 5.41) is 0.509. The molecule has 184 valence electrons. The van der Waals surface area contributed by atoms with Crippen LogP contribution in [0.1, 0.15) is 5.56 Å². The Morgan fingerprint density at radius 3 is 2.40 bits per heavy atom.